The van der Waals surface area contributed by atoms with Crippen molar-refractivity contribution in [1.29, 1.82) is 0 Å². The van der Waals surface area contributed by atoms with Gasteiger partial charge in [0.25, 0.3) is 0 Å². The van der Waals surface area contributed by atoms with Crippen molar-refractivity contribution in [2.24, 2.45) is 0 Å². The number of hydrogen-bond donors (Lipinski definition) is 0. The topological polar surface area (TPSA) is 9.23 Å². The van der Waals surface area contributed by atoms with Crippen molar-refractivity contribution in [1.82, 2.24) is 0 Å². The highest BCUT2D eigenvalue weighted by Crippen LogP contribution is 2.20. The summed E-state index contributed by atoms with van der Waals surface area (Å²) in [6.07, 6.45) is 9.33. The molecular formula is C8H18OSi2. The Kier molecular flexibility index (Phi) is 4.81. The number of hydrogen-bond acceptors (Lipinski definition) is 1. The Labute approximate surface area is 74.7 Å². The van der Waals surface area contributed by atoms with Crippen LogP contribution in [0.15, 0.2) is 11.6 Å². The summed E-state index contributed by atoms with van der Waals surface area (Å²) in [6, 6.07) is 1.37. The molecule has 1 aliphatic carbocycles. The molecule has 0 unspecified atom stereocenters. The Bertz CT molecular complexity index is 134. The van der Waals surface area contributed by atoms with Crippen LogP contribution in [0.5, 0.6) is 0 Å². The Morgan fingerprint density at radius 3 is 3.09 bits per heavy atom. The zero-order valence-corrected chi connectivity index (χ0v) is 10.8. The average molecular weight is 186 g/mol. The van der Waals surface area contributed by atoms with E-state index < -0.39 is 0 Å². The molecular weight excluding hydrogens is 168 g/mol. The monoisotopic (exact) mass is 186 g/mol. The molecule has 0 aliphatic heterocycles. The Balaban J connectivity index is 2.09. The first kappa shape index (κ1) is 9.22. The molecule has 0 heterocycles. The molecule has 1 nitrogen and oxygen atoms in total. The maximum atomic E-state index is 5.28. The first-order valence-electron chi connectivity index (χ1n) is 4.60. The second-order valence-electron chi connectivity index (χ2n) is 3.20. The van der Waals surface area contributed by atoms with Crippen LogP contribution in [0.3, 0.4) is 0 Å². The van der Waals surface area contributed by atoms with E-state index in [2.05, 4.69) is 6.08 Å². The van der Waals surface area contributed by atoms with E-state index in [1.165, 1.54) is 38.1 Å². The average Bonchev–Trinajstić information content (AvgIpc) is 2.07. The van der Waals surface area contributed by atoms with E-state index in [1.54, 1.807) is 5.57 Å². The SMILES string of the molecule is [SiH3]O[SiH2]CCC1=CCCCC1. The van der Waals surface area contributed by atoms with E-state index in [1.807, 2.05) is 0 Å². The zero-order chi connectivity index (χ0) is 7.94. The quantitative estimate of drug-likeness (QED) is 0.356. The van der Waals surface area contributed by atoms with Crippen molar-refractivity contribution < 1.29 is 4.12 Å². The predicted molar refractivity (Wildman–Crippen MR) is 55.5 cm³/mol. The lowest BCUT2D eigenvalue weighted by atomic mass is 9.98. The summed E-state index contributed by atoms with van der Waals surface area (Å²) in [6.45, 7) is 0. The molecule has 0 atom stereocenters. The van der Waals surface area contributed by atoms with E-state index >= 15 is 0 Å². The van der Waals surface area contributed by atoms with Crippen molar-refractivity contribution in [3.05, 3.63) is 11.6 Å². The fourth-order valence-electron chi connectivity index (χ4n) is 1.58. The van der Waals surface area contributed by atoms with Crippen molar-refractivity contribution in [3.63, 3.8) is 0 Å². The Morgan fingerprint density at radius 2 is 2.45 bits per heavy atom. The molecule has 3 heteroatoms. The molecule has 0 fully saturated rings. The minimum absolute atomic E-state index is 0.102. The minimum Gasteiger partial charge on any atom is -0.468 e. The van der Waals surface area contributed by atoms with Crippen LogP contribution in [0.2, 0.25) is 6.04 Å². The van der Waals surface area contributed by atoms with Gasteiger partial charge in [0.1, 0.15) is 20.2 Å². The molecule has 0 saturated carbocycles. The molecule has 1 aliphatic rings. The molecule has 0 aromatic carbocycles. The minimum atomic E-state index is -0.102. The van der Waals surface area contributed by atoms with E-state index in [9.17, 15) is 0 Å². The van der Waals surface area contributed by atoms with Crippen molar-refractivity contribution in [2.75, 3.05) is 0 Å². The molecule has 0 radical (unpaired) electrons. The summed E-state index contributed by atoms with van der Waals surface area (Å²) in [7, 11) is 0.857. The van der Waals surface area contributed by atoms with Crippen LogP contribution in [0.4, 0.5) is 0 Å². The van der Waals surface area contributed by atoms with Gasteiger partial charge in [0.05, 0.1) is 0 Å². The zero-order valence-electron chi connectivity index (χ0n) is 7.44. The van der Waals surface area contributed by atoms with Crippen LogP contribution in [-0.2, 0) is 4.12 Å². The summed E-state index contributed by atoms with van der Waals surface area (Å²) in [5, 5.41) is 0. The van der Waals surface area contributed by atoms with Crippen molar-refractivity contribution in [2.45, 2.75) is 38.1 Å². The van der Waals surface area contributed by atoms with Gasteiger partial charge >= 0.3 is 0 Å². The van der Waals surface area contributed by atoms with E-state index in [0.29, 0.717) is 0 Å². The van der Waals surface area contributed by atoms with Gasteiger partial charge < -0.3 is 4.12 Å². The third-order valence-corrected chi connectivity index (χ3v) is 4.51. The molecule has 0 bridgehead atoms. The van der Waals surface area contributed by atoms with Crippen molar-refractivity contribution >= 4 is 20.2 Å². The molecule has 0 aromatic heterocycles. The molecule has 0 spiro atoms. The van der Waals surface area contributed by atoms with E-state index in [0.717, 1.165) is 10.5 Å². The van der Waals surface area contributed by atoms with Gasteiger partial charge in [-0.25, -0.2) is 0 Å². The maximum absolute atomic E-state index is 5.28. The summed E-state index contributed by atoms with van der Waals surface area (Å²) in [4.78, 5) is 0. The third-order valence-electron chi connectivity index (χ3n) is 2.23. The van der Waals surface area contributed by atoms with Gasteiger partial charge in [-0.05, 0) is 38.1 Å². The van der Waals surface area contributed by atoms with Crippen LogP contribution in [0, 0.1) is 0 Å². The molecule has 1 rings (SSSR count). The predicted octanol–water partition coefficient (Wildman–Crippen LogP) is 0.676. The highest BCUT2D eigenvalue weighted by molar-refractivity contribution is 6.34. The van der Waals surface area contributed by atoms with Gasteiger partial charge in [-0.1, -0.05) is 11.6 Å². The van der Waals surface area contributed by atoms with Crippen LogP contribution in [-0.4, -0.2) is 20.2 Å². The first-order valence-corrected chi connectivity index (χ1v) is 6.99. The van der Waals surface area contributed by atoms with Gasteiger partial charge in [0.15, 0.2) is 0 Å². The second-order valence-corrected chi connectivity index (χ2v) is 6.63. The summed E-state index contributed by atoms with van der Waals surface area (Å²) in [5.74, 6) is 0. The lowest BCUT2D eigenvalue weighted by molar-refractivity contribution is 0.647. The standard InChI is InChI=1S/C8H18OSi2/c10-9-11-7-6-8-4-2-1-3-5-8/h4H,1-3,5-7,11H2,10H3. The Hall–Kier alpha value is 0.134. The molecule has 0 saturated heterocycles. The highest BCUT2D eigenvalue weighted by Gasteiger charge is 2.02. The highest BCUT2D eigenvalue weighted by atomic mass is 28.3. The molecule has 0 amide bonds. The van der Waals surface area contributed by atoms with E-state index in [-0.39, 0.29) is 9.76 Å². The van der Waals surface area contributed by atoms with Gasteiger partial charge in [-0.2, -0.15) is 0 Å². The van der Waals surface area contributed by atoms with Gasteiger partial charge in [-0.3, -0.25) is 0 Å². The normalized spacial score (nSPS) is 19.5. The molecule has 0 aromatic rings. The van der Waals surface area contributed by atoms with Gasteiger partial charge in [0, 0.05) is 0 Å². The maximum Gasteiger partial charge on any atom is 0.146 e. The van der Waals surface area contributed by atoms with Gasteiger partial charge in [0.2, 0.25) is 0 Å². The lowest BCUT2D eigenvalue weighted by Crippen LogP contribution is -1.97. The van der Waals surface area contributed by atoms with E-state index in [4.69, 9.17) is 4.12 Å². The van der Waals surface area contributed by atoms with Crippen LogP contribution in [0.25, 0.3) is 0 Å². The first-order chi connectivity index (χ1) is 5.43. The van der Waals surface area contributed by atoms with Crippen molar-refractivity contribution in [3.8, 4) is 0 Å². The number of allylic oxidation sites excluding steroid dienone is 2. The van der Waals surface area contributed by atoms with Crippen LogP contribution >= 0.6 is 0 Å². The summed E-state index contributed by atoms with van der Waals surface area (Å²) >= 11 is 0. The smallest absolute Gasteiger partial charge is 0.146 e. The third kappa shape index (κ3) is 3.89. The fourth-order valence-corrected chi connectivity index (χ4v) is 3.33. The lowest BCUT2D eigenvalue weighted by Gasteiger charge is -2.11. The molecule has 64 valence electrons. The summed E-state index contributed by atoms with van der Waals surface area (Å²) in [5.41, 5.74) is 1.71. The molecule has 11 heavy (non-hydrogen) atoms. The van der Waals surface area contributed by atoms with Gasteiger partial charge in [-0.15, -0.1) is 0 Å². The Morgan fingerprint density at radius 1 is 1.55 bits per heavy atom. The van der Waals surface area contributed by atoms with Crippen LogP contribution < -0.4 is 0 Å². The fraction of sp³-hybridized carbons (Fsp3) is 0.750. The number of rotatable bonds is 4. The largest absolute Gasteiger partial charge is 0.468 e. The van der Waals surface area contributed by atoms with Crippen LogP contribution in [0.1, 0.15) is 32.1 Å². The molecule has 0 N–H and O–H groups in total. The summed E-state index contributed by atoms with van der Waals surface area (Å²) < 4.78 is 5.28. The second kappa shape index (κ2) is 5.74.